The Labute approximate surface area is 284 Å². The number of thiazole rings is 1. The maximum atomic E-state index is 13.4. The SMILES string of the molecule is CNS(=O)(=O)c1cc(-c2sc(Nc3cccc(N4CCCN(C(=O)OC(C)(C)C)CC4=O)n3)nc2C)cc2c1C(=O)N(CCC1CC1)C2. The number of aromatic nitrogens is 2. The van der Waals surface area contributed by atoms with Gasteiger partial charge in [-0.25, -0.2) is 27.9 Å². The van der Waals surface area contributed by atoms with Crippen LogP contribution in [0.2, 0.25) is 0 Å². The Balaban J connectivity index is 1.22. The predicted octanol–water partition coefficient (Wildman–Crippen LogP) is 4.89. The van der Waals surface area contributed by atoms with Crippen molar-refractivity contribution < 1.29 is 27.5 Å². The largest absolute Gasteiger partial charge is 0.444 e. The third kappa shape index (κ3) is 7.32. The fourth-order valence-electron chi connectivity index (χ4n) is 5.92. The van der Waals surface area contributed by atoms with Crippen LogP contribution in [0.3, 0.4) is 0 Å². The number of hydrogen-bond donors (Lipinski definition) is 2. The molecule has 6 rings (SSSR count). The fraction of sp³-hybridized carbons (Fsp3) is 0.485. The van der Waals surface area contributed by atoms with Crippen LogP contribution >= 0.6 is 11.3 Å². The van der Waals surface area contributed by atoms with Crippen molar-refractivity contribution in [3.63, 3.8) is 0 Å². The first-order chi connectivity index (χ1) is 22.7. The van der Waals surface area contributed by atoms with E-state index in [4.69, 9.17) is 9.72 Å². The summed E-state index contributed by atoms with van der Waals surface area (Å²) in [5.41, 5.74) is 1.61. The topological polar surface area (TPSA) is 154 Å². The van der Waals surface area contributed by atoms with E-state index in [0.717, 1.165) is 11.3 Å². The van der Waals surface area contributed by atoms with Gasteiger partial charge in [0.05, 0.1) is 21.0 Å². The predicted molar refractivity (Wildman–Crippen MR) is 183 cm³/mol. The molecule has 48 heavy (non-hydrogen) atoms. The third-order valence-corrected chi connectivity index (χ3v) is 11.1. The highest BCUT2D eigenvalue weighted by Crippen LogP contribution is 2.40. The first kappa shape index (κ1) is 33.8. The quantitative estimate of drug-likeness (QED) is 0.318. The van der Waals surface area contributed by atoms with E-state index in [-0.39, 0.29) is 28.8 Å². The average molecular weight is 696 g/mol. The summed E-state index contributed by atoms with van der Waals surface area (Å²) < 4.78 is 34.1. The summed E-state index contributed by atoms with van der Waals surface area (Å²) in [7, 11) is -2.58. The van der Waals surface area contributed by atoms with E-state index >= 15 is 0 Å². The highest BCUT2D eigenvalue weighted by molar-refractivity contribution is 7.89. The van der Waals surface area contributed by atoms with Gasteiger partial charge < -0.3 is 15.0 Å². The molecular weight excluding hydrogens is 655 g/mol. The second kappa shape index (κ2) is 13.1. The van der Waals surface area contributed by atoms with Crippen LogP contribution in [0.1, 0.15) is 68.1 Å². The summed E-state index contributed by atoms with van der Waals surface area (Å²) in [5, 5.41) is 3.77. The van der Waals surface area contributed by atoms with Crippen LogP contribution in [0.5, 0.6) is 0 Å². The molecule has 2 aliphatic heterocycles. The number of benzene rings is 1. The van der Waals surface area contributed by atoms with Crippen molar-refractivity contribution in [1.82, 2.24) is 24.5 Å². The first-order valence-electron chi connectivity index (χ1n) is 16.1. The Kier molecular flexibility index (Phi) is 9.22. The van der Waals surface area contributed by atoms with E-state index in [1.54, 1.807) is 54.8 Å². The number of carbonyl (C=O) groups is 3. The van der Waals surface area contributed by atoms with Crippen LogP contribution in [0.4, 0.5) is 21.6 Å². The van der Waals surface area contributed by atoms with Gasteiger partial charge in [-0.2, -0.15) is 0 Å². The molecule has 0 atom stereocenters. The van der Waals surface area contributed by atoms with E-state index < -0.39 is 21.7 Å². The maximum Gasteiger partial charge on any atom is 0.410 e. The molecule has 4 heterocycles. The van der Waals surface area contributed by atoms with Crippen LogP contribution in [0.15, 0.2) is 35.2 Å². The lowest BCUT2D eigenvalue weighted by Crippen LogP contribution is -2.42. The number of nitrogens with zero attached hydrogens (tertiary/aromatic N) is 5. The Morgan fingerprint density at radius 1 is 1.10 bits per heavy atom. The van der Waals surface area contributed by atoms with Gasteiger partial charge in [-0.15, -0.1) is 0 Å². The lowest BCUT2D eigenvalue weighted by Gasteiger charge is -2.26. The summed E-state index contributed by atoms with van der Waals surface area (Å²) >= 11 is 1.34. The molecule has 0 bridgehead atoms. The Morgan fingerprint density at radius 2 is 1.88 bits per heavy atom. The monoisotopic (exact) mass is 695 g/mol. The van der Waals surface area contributed by atoms with Crippen LogP contribution < -0.4 is 14.9 Å². The molecule has 2 N–H and O–H groups in total. The summed E-state index contributed by atoms with van der Waals surface area (Å²) in [4.78, 5) is 54.0. The van der Waals surface area contributed by atoms with Gasteiger partial charge in [0.25, 0.3) is 5.91 Å². The summed E-state index contributed by atoms with van der Waals surface area (Å²) in [6, 6.07) is 8.75. The second-order valence-electron chi connectivity index (χ2n) is 13.4. The standard InChI is InChI=1S/C33H41N7O6S2/c1-20-29(22-16-23-18-38(15-12-21-10-11-21)30(42)28(23)24(17-22)48(44,45)34-5)47-31(35-20)37-25-8-6-9-26(36-25)40-14-7-13-39(19-27(40)41)32(43)46-33(2,3)4/h6,8-9,16-17,21,34H,7,10-15,18-19H2,1-5H3,(H,35,36,37). The summed E-state index contributed by atoms with van der Waals surface area (Å²) in [6.45, 7) is 8.86. The zero-order valence-electron chi connectivity index (χ0n) is 27.8. The molecule has 1 saturated heterocycles. The Hall–Kier alpha value is -4.08. The van der Waals surface area contributed by atoms with E-state index in [2.05, 4.69) is 15.0 Å². The van der Waals surface area contributed by atoms with Gasteiger partial charge in [0.1, 0.15) is 23.8 Å². The molecule has 13 nitrogen and oxygen atoms in total. The maximum absolute atomic E-state index is 13.4. The summed E-state index contributed by atoms with van der Waals surface area (Å²) in [5.74, 6) is 1.06. The van der Waals surface area contributed by atoms with Crippen LogP contribution in [-0.4, -0.2) is 84.9 Å². The number of fused-ring (bicyclic) bond motifs is 1. The molecule has 3 aromatic rings. The fourth-order valence-corrected chi connectivity index (χ4v) is 7.87. The molecule has 0 unspecified atom stereocenters. The van der Waals surface area contributed by atoms with Crippen molar-refractivity contribution in [2.45, 2.75) is 70.4 Å². The highest BCUT2D eigenvalue weighted by atomic mass is 32.2. The van der Waals surface area contributed by atoms with Gasteiger partial charge in [-0.3, -0.25) is 19.4 Å². The lowest BCUT2D eigenvalue weighted by molar-refractivity contribution is -0.119. The van der Waals surface area contributed by atoms with Gasteiger partial charge in [0.2, 0.25) is 15.9 Å². The highest BCUT2D eigenvalue weighted by Gasteiger charge is 2.36. The molecule has 0 radical (unpaired) electrons. The van der Waals surface area contributed by atoms with E-state index in [1.807, 2.05) is 13.0 Å². The minimum atomic E-state index is -3.92. The molecule has 1 aromatic carbocycles. The number of pyridine rings is 1. The number of aryl methyl sites for hydroxylation is 1. The number of hydrogen-bond acceptors (Lipinski definition) is 10. The molecule has 2 aromatic heterocycles. The molecule has 256 valence electrons. The van der Waals surface area contributed by atoms with Gasteiger partial charge in [-0.1, -0.05) is 30.2 Å². The second-order valence-corrected chi connectivity index (χ2v) is 16.3. The number of anilines is 3. The van der Waals surface area contributed by atoms with Crippen molar-refractivity contribution in [3.05, 3.63) is 47.2 Å². The van der Waals surface area contributed by atoms with Gasteiger partial charge in [0, 0.05) is 26.2 Å². The molecule has 15 heteroatoms. The molecule has 3 amide bonds. The smallest absolute Gasteiger partial charge is 0.410 e. The molecule has 0 spiro atoms. The van der Waals surface area contributed by atoms with E-state index in [9.17, 15) is 22.8 Å². The van der Waals surface area contributed by atoms with Crippen molar-refractivity contribution >= 4 is 56.0 Å². The third-order valence-electron chi connectivity index (χ3n) is 8.50. The number of rotatable bonds is 9. The number of sulfonamides is 1. The summed E-state index contributed by atoms with van der Waals surface area (Å²) in [6.07, 6.45) is 3.34. The Morgan fingerprint density at radius 3 is 2.58 bits per heavy atom. The van der Waals surface area contributed by atoms with Gasteiger partial charge in [0.15, 0.2) is 5.13 Å². The lowest BCUT2D eigenvalue weighted by atomic mass is 10.0. The molecule has 3 aliphatic rings. The minimum absolute atomic E-state index is 0.0274. The normalized spacial score (nSPS) is 17.1. The number of nitrogens with one attached hydrogen (secondary N) is 2. The number of carbonyl (C=O) groups excluding carboxylic acids is 3. The molecule has 2 fully saturated rings. The van der Waals surface area contributed by atoms with Crippen molar-refractivity contribution in [2.75, 3.05) is 43.4 Å². The van der Waals surface area contributed by atoms with Crippen LogP contribution in [0.25, 0.3) is 10.4 Å². The number of amides is 3. The van der Waals surface area contributed by atoms with Crippen molar-refractivity contribution in [2.24, 2.45) is 5.92 Å². The van der Waals surface area contributed by atoms with E-state index in [0.29, 0.717) is 72.1 Å². The van der Waals surface area contributed by atoms with Crippen LogP contribution in [0, 0.1) is 12.8 Å². The molecule has 1 aliphatic carbocycles. The average Bonchev–Trinajstić information content (AvgIpc) is 3.75. The minimum Gasteiger partial charge on any atom is -0.444 e. The van der Waals surface area contributed by atoms with Crippen molar-refractivity contribution in [1.29, 1.82) is 0 Å². The zero-order valence-corrected chi connectivity index (χ0v) is 29.5. The van der Waals surface area contributed by atoms with Crippen molar-refractivity contribution in [3.8, 4) is 10.4 Å². The van der Waals surface area contributed by atoms with Crippen LogP contribution in [-0.2, 0) is 26.1 Å². The zero-order chi connectivity index (χ0) is 34.4. The molecule has 1 saturated carbocycles. The van der Waals surface area contributed by atoms with E-state index in [1.165, 1.54) is 36.1 Å². The molecular formula is C33H41N7O6S2. The van der Waals surface area contributed by atoms with Gasteiger partial charge in [-0.05, 0) is 88.9 Å². The first-order valence-corrected chi connectivity index (χ1v) is 18.4. The Bertz CT molecular complexity index is 1870. The van der Waals surface area contributed by atoms with Gasteiger partial charge >= 0.3 is 6.09 Å². The number of ether oxygens (including phenoxy) is 1.